The first kappa shape index (κ1) is 16.4. The van der Waals surface area contributed by atoms with Gasteiger partial charge in [0.2, 0.25) is 0 Å². The maximum Gasteiger partial charge on any atom is 0.287 e. The van der Waals surface area contributed by atoms with Gasteiger partial charge >= 0.3 is 0 Å². The lowest BCUT2D eigenvalue weighted by molar-refractivity contribution is 0.0922. The average Bonchev–Trinajstić information content (AvgIpc) is 3.36. The van der Waals surface area contributed by atoms with Crippen LogP contribution >= 0.6 is 27.3 Å². The second-order valence-electron chi connectivity index (χ2n) is 5.92. The number of rotatable bonds is 5. The molecule has 3 aromatic rings. The third-order valence-corrected chi connectivity index (χ3v) is 5.82. The summed E-state index contributed by atoms with van der Waals surface area (Å²) in [6.07, 6.45) is 1.04. The molecule has 1 atom stereocenters. The second-order valence-corrected chi connectivity index (χ2v) is 7.68. The highest BCUT2D eigenvalue weighted by Crippen LogP contribution is 2.36. The monoisotopic (exact) mass is 416 g/mol. The van der Waals surface area contributed by atoms with E-state index in [1.807, 2.05) is 0 Å². The minimum Gasteiger partial charge on any atom is -0.444 e. The quantitative estimate of drug-likeness (QED) is 0.658. The molecule has 6 heteroatoms. The molecule has 2 aromatic heterocycles. The number of nitrogens with one attached hydrogen (secondary N) is 1. The fraction of sp³-hybridized carbons (Fsp3) is 0.211. The maximum absolute atomic E-state index is 12.4. The molecule has 1 aliphatic rings. The van der Waals surface area contributed by atoms with E-state index in [-0.39, 0.29) is 11.9 Å². The van der Waals surface area contributed by atoms with Crippen LogP contribution in [0.5, 0.6) is 0 Å². The number of anilines is 1. The number of carbonyl (C=O) groups is 1. The minimum absolute atomic E-state index is 0.117. The van der Waals surface area contributed by atoms with Gasteiger partial charge in [0.1, 0.15) is 0 Å². The highest BCUT2D eigenvalue weighted by Gasteiger charge is 2.28. The summed E-state index contributed by atoms with van der Waals surface area (Å²) in [5.41, 5.74) is 2.63. The van der Waals surface area contributed by atoms with Crippen LogP contribution < -0.4 is 10.2 Å². The van der Waals surface area contributed by atoms with Gasteiger partial charge in [-0.25, -0.2) is 0 Å². The molecular formula is C19H17BrN2O2S. The van der Waals surface area contributed by atoms with E-state index >= 15 is 0 Å². The van der Waals surface area contributed by atoms with E-state index in [1.54, 1.807) is 23.5 Å². The second kappa shape index (κ2) is 7.06. The molecule has 3 heterocycles. The van der Waals surface area contributed by atoms with Gasteiger partial charge in [-0.15, -0.1) is 11.3 Å². The Kier molecular flexibility index (Phi) is 4.63. The van der Waals surface area contributed by atoms with Crippen molar-refractivity contribution in [3.05, 3.63) is 74.8 Å². The molecule has 0 aliphatic carbocycles. The van der Waals surface area contributed by atoms with Crippen LogP contribution in [-0.4, -0.2) is 19.0 Å². The third-order valence-electron chi connectivity index (χ3n) is 4.42. The summed E-state index contributed by atoms with van der Waals surface area (Å²) < 4.78 is 5.90. The summed E-state index contributed by atoms with van der Waals surface area (Å²) >= 11 is 4.95. The van der Waals surface area contributed by atoms with E-state index in [0.29, 0.717) is 17.0 Å². The zero-order valence-electron chi connectivity index (χ0n) is 13.4. The topological polar surface area (TPSA) is 45.5 Å². The van der Waals surface area contributed by atoms with Gasteiger partial charge in [0.25, 0.3) is 5.91 Å². The minimum atomic E-state index is -0.195. The smallest absolute Gasteiger partial charge is 0.287 e. The molecule has 25 heavy (non-hydrogen) atoms. The third kappa shape index (κ3) is 3.37. The number of halogens is 1. The maximum atomic E-state index is 12.4. The van der Waals surface area contributed by atoms with E-state index < -0.39 is 0 Å². The Bertz CT molecular complexity index is 875. The molecule has 1 amide bonds. The van der Waals surface area contributed by atoms with Crippen LogP contribution in [-0.2, 0) is 6.42 Å². The molecular weight excluding hydrogens is 400 g/mol. The SMILES string of the molecule is O=C(NC[C@@H](c1cccs1)N1CCc2ccccc21)c1ccc(Br)o1. The molecule has 128 valence electrons. The Hall–Kier alpha value is -2.05. The molecule has 0 saturated heterocycles. The highest BCUT2D eigenvalue weighted by molar-refractivity contribution is 9.10. The Morgan fingerprint density at radius 2 is 2.12 bits per heavy atom. The molecule has 1 aromatic carbocycles. The standard InChI is InChI=1S/C19H17BrN2O2S/c20-18-8-7-16(24-18)19(23)21-12-15(17-6-3-11-25-17)22-10-9-13-4-1-2-5-14(13)22/h1-8,11,15H,9-10,12H2,(H,21,23)/t15-/m0/s1. The predicted molar refractivity (Wildman–Crippen MR) is 103 cm³/mol. The van der Waals surface area contributed by atoms with Crippen LogP contribution in [0.2, 0.25) is 0 Å². The van der Waals surface area contributed by atoms with Crippen molar-refractivity contribution in [2.45, 2.75) is 12.5 Å². The fourth-order valence-electron chi connectivity index (χ4n) is 3.25. The molecule has 4 nitrogen and oxygen atoms in total. The average molecular weight is 417 g/mol. The van der Waals surface area contributed by atoms with Crippen LogP contribution in [0.15, 0.2) is 63.0 Å². The highest BCUT2D eigenvalue weighted by atomic mass is 79.9. The van der Waals surface area contributed by atoms with Crippen molar-refractivity contribution in [2.75, 3.05) is 18.0 Å². The Morgan fingerprint density at radius 3 is 2.88 bits per heavy atom. The van der Waals surface area contributed by atoms with Crippen LogP contribution in [0.1, 0.15) is 27.0 Å². The summed E-state index contributed by atoms with van der Waals surface area (Å²) in [5.74, 6) is 0.123. The van der Waals surface area contributed by atoms with Gasteiger partial charge in [-0.05, 0) is 57.6 Å². The first-order valence-corrected chi connectivity index (χ1v) is 9.81. The van der Waals surface area contributed by atoms with Crippen molar-refractivity contribution in [2.24, 2.45) is 0 Å². The lowest BCUT2D eigenvalue weighted by Crippen LogP contribution is -2.37. The number of fused-ring (bicyclic) bond motifs is 1. The number of nitrogens with zero attached hydrogens (tertiary/aromatic N) is 1. The molecule has 4 rings (SSSR count). The molecule has 0 bridgehead atoms. The van der Waals surface area contributed by atoms with Gasteiger partial charge in [0.15, 0.2) is 10.4 Å². The first-order chi connectivity index (χ1) is 12.2. The number of amides is 1. The summed E-state index contributed by atoms with van der Waals surface area (Å²) in [7, 11) is 0. The van der Waals surface area contributed by atoms with Crippen molar-refractivity contribution >= 4 is 38.9 Å². The fourth-order valence-corrected chi connectivity index (χ4v) is 4.39. The van der Waals surface area contributed by atoms with E-state index in [4.69, 9.17) is 4.42 Å². The normalized spacial score (nSPS) is 14.4. The Labute approximate surface area is 158 Å². The lowest BCUT2D eigenvalue weighted by atomic mass is 10.1. The summed E-state index contributed by atoms with van der Waals surface area (Å²) in [4.78, 5) is 16.0. The number of thiophene rings is 1. The molecule has 0 spiro atoms. The number of hydrogen-bond acceptors (Lipinski definition) is 4. The van der Waals surface area contributed by atoms with Crippen molar-refractivity contribution in [3.63, 3.8) is 0 Å². The van der Waals surface area contributed by atoms with Crippen molar-refractivity contribution in [3.8, 4) is 0 Å². The van der Waals surface area contributed by atoms with Gasteiger partial charge in [-0.3, -0.25) is 4.79 Å². The van der Waals surface area contributed by atoms with Gasteiger partial charge in [-0.1, -0.05) is 24.3 Å². The van der Waals surface area contributed by atoms with Crippen molar-refractivity contribution < 1.29 is 9.21 Å². The van der Waals surface area contributed by atoms with Crippen LogP contribution in [0.3, 0.4) is 0 Å². The zero-order valence-corrected chi connectivity index (χ0v) is 15.8. The molecule has 0 saturated carbocycles. The predicted octanol–water partition coefficient (Wildman–Crippen LogP) is 4.64. The molecule has 0 radical (unpaired) electrons. The van der Waals surface area contributed by atoms with Crippen LogP contribution in [0.25, 0.3) is 0 Å². The number of furan rings is 1. The molecule has 0 fully saturated rings. The number of benzene rings is 1. The summed E-state index contributed by atoms with van der Waals surface area (Å²) in [5, 5.41) is 5.10. The largest absolute Gasteiger partial charge is 0.444 e. The zero-order chi connectivity index (χ0) is 17.2. The number of hydrogen-bond donors (Lipinski definition) is 1. The summed E-state index contributed by atoms with van der Waals surface area (Å²) in [6, 6.07) is 16.2. The van der Waals surface area contributed by atoms with Gasteiger partial charge in [0.05, 0.1) is 6.04 Å². The molecule has 1 N–H and O–H groups in total. The van der Waals surface area contributed by atoms with Gasteiger partial charge in [-0.2, -0.15) is 0 Å². The van der Waals surface area contributed by atoms with Crippen LogP contribution in [0, 0.1) is 0 Å². The number of para-hydroxylation sites is 1. The van der Waals surface area contributed by atoms with E-state index in [0.717, 1.165) is 13.0 Å². The van der Waals surface area contributed by atoms with Crippen LogP contribution in [0.4, 0.5) is 5.69 Å². The van der Waals surface area contributed by atoms with Crippen molar-refractivity contribution in [1.82, 2.24) is 5.32 Å². The van der Waals surface area contributed by atoms with E-state index in [1.165, 1.54) is 16.1 Å². The lowest BCUT2D eigenvalue weighted by Gasteiger charge is -2.30. The molecule has 0 unspecified atom stereocenters. The Morgan fingerprint density at radius 1 is 1.24 bits per heavy atom. The van der Waals surface area contributed by atoms with E-state index in [2.05, 4.69) is 67.9 Å². The van der Waals surface area contributed by atoms with Crippen molar-refractivity contribution in [1.29, 1.82) is 0 Å². The van der Waals surface area contributed by atoms with E-state index in [9.17, 15) is 4.79 Å². The Balaban J connectivity index is 1.55. The summed E-state index contributed by atoms with van der Waals surface area (Å²) in [6.45, 7) is 1.50. The molecule has 1 aliphatic heterocycles. The van der Waals surface area contributed by atoms with Gasteiger partial charge < -0.3 is 14.6 Å². The first-order valence-electron chi connectivity index (χ1n) is 8.14. The van der Waals surface area contributed by atoms with Gasteiger partial charge in [0, 0.05) is 23.7 Å². The number of carbonyl (C=O) groups excluding carboxylic acids is 1.